The van der Waals surface area contributed by atoms with Crippen LogP contribution < -0.4 is 0 Å². The van der Waals surface area contributed by atoms with Gasteiger partial charge < -0.3 is 4.74 Å². The zero-order valence-electron chi connectivity index (χ0n) is 15.0. The molecule has 2 aromatic carbocycles. The molecule has 2 nitrogen and oxygen atoms in total. The van der Waals surface area contributed by atoms with Crippen molar-refractivity contribution in [1.29, 1.82) is 5.26 Å². The van der Waals surface area contributed by atoms with Gasteiger partial charge in [-0.15, -0.1) is 0 Å². The molecule has 26 heavy (non-hydrogen) atoms. The fourth-order valence-electron chi connectivity index (χ4n) is 4.13. The summed E-state index contributed by atoms with van der Waals surface area (Å²) in [5.41, 5.74) is 1.76. The average molecular weight is 410 g/mol. The Morgan fingerprint density at radius 2 is 1.58 bits per heavy atom. The summed E-state index contributed by atoms with van der Waals surface area (Å²) in [5, 5.41) is 10.0. The van der Waals surface area contributed by atoms with Crippen LogP contribution in [0.4, 0.5) is 0 Å². The topological polar surface area (TPSA) is 33.0 Å². The van der Waals surface area contributed by atoms with Gasteiger partial charge in [-0.1, -0.05) is 58.4 Å². The van der Waals surface area contributed by atoms with Gasteiger partial charge in [-0.25, -0.2) is 0 Å². The second-order valence-electron chi connectivity index (χ2n) is 7.82. The van der Waals surface area contributed by atoms with Crippen molar-refractivity contribution in [3.05, 3.63) is 70.2 Å². The van der Waals surface area contributed by atoms with Crippen molar-refractivity contribution in [3.63, 3.8) is 0 Å². The van der Waals surface area contributed by atoms with E-state index >= 15 is 0 Å². The van der Waals surface area contributed by atoms with Crippen LogP contribution in [0, 0.1) is 17.2 Å². The van der Waals surface area contributed by atoms with Crippen LogP contribution in [0.15, 0.2) is 59.1 Å². The number of nitriles is 1. The van der Waals surface area contributed by atoms with Gasteiger partial charge in [-0.05, 0) is 67.7 Å². The molecular weight excluding hydrogens is 386 g/mol. The maximum absolute atomic E-state index is 10.0. The third-order valence-electron chi connectivity index (χ3n) is 6.11. The van der Waals surface area contributed by atoms with E-state index in [-0.39, 0.29) is 11.0 Å². The van der Waals surface area contributed by atoms with Gasteiger partial charge >= 0.3 is 0 Å². The van der Waals surface area contributed by atoms with Crippen LogP contribution >= 0.6 is 15.9 Å². The first-order chi connectivity index (χ1) is 12.7. The first kappa shape index (κ1) is 17.8. The monoisotopic (exact) mass is 409 g/mol. The molecule has 4 rings (SSSR count). The fraction of sp³-hybridized carbons (Fsp3) is 0.435. The highest BCUT2D eigenvalue weighted by atomic mass is 79.9. The molecule has 0 unspecified atom stereocenters. The van der Waals surface area contributed by atoms with Gasteiger partial charge in [0.1, 0.15) is 0 Å². The zero-order valence-corrected chi connectivity index (χ0v) is 16.5. The SMILES string of the molecule is N#CC1(c2ccccc2)CCC(OCC2CC2)(c2ccc(Br)cc2)CC1. The first-order valence-corrected chi connectivity index (χ1v) is 10.3. The van der Waals surface area contributed by atoms with E-state index in [0.717, 1.165) is 48.2 Å². The van der Waals surface area contributed by atoms with Crippen molar-refractivity contribution in [2.45, 2.75) is 49.5 Å². The Kier molecular flexibility index (Phi) is 4.90. The van der Waals surface area contributed by atoms with Gasteiger partial charge in [-0.3, -0.25) is 0 Å². The van der Waals surface area contributed by atoms with Crippen LogP contribution in [0.25, 0.3) is 0 Å². The molecule has 0 heterocycles. The van der Waals surface area contributed by atoms with Crippen molar-refractivity contribution in [3.8, 4) is 6.07 Å². The molecule has 0 saturated heterocycles. The van der Waals surface area contributed by atoms with Crippen LogP contribution in [0.3, 0.4) is 0 Å². The lowest BCUT2D eigenvalue weighted by Crippen LogP contribution is -2.41. The van der Waals surface area contributed by atoms with E-state index in [1.807, 2.05) is 18.2 Å². The summed E-state index contributed by atoms with van der Waals surface area (Å²) in [6.45, 7) is 0.848. The summed E-state index contributed by atoms with van der Waals surface area (Å²) >= 11 is 3.54. The molecule has 2 aromatic rings. The van der Waals surface area contributed by atoms with E-state index < -0.39 is 0 Å². The lowest BCUT2D eigenvalue weighted by Gasteiger charge is -2.44. The minimum Gasteiger partial charge on any atom is -0.370 e. The number of nitrogens with zero attached hydrogens (tertiary/aromatic N) is 1. The number of halogens is 1. The third-order valence-corrected chi connectivity index (χ3v) is 6.64. The predicted molar refractivity (Wildman–Crippen MR) is 107 cm³/mol. The molecule has 2 fully saturated rings. The Labute approximate surface area is 164 Å². The Morgan fingerprint density at radius 3 is 2.15 bits per heavy atom. The Bertz CT molecular complexity index is 781. The molecule has 2 aliphatic rings. The second kappa shape index (κ2) is 7.18. The normalized spacial score (nSPS) is 28.5. The number of benzene rings is 2. The molecule has 0 radical (unpaired) electrons. The minimum atomic E-state index is -0.386. The van der Waals surface area contributed by atoms with Crippen molar-refractivity contribution in [2.75, 3.05) is 6.61 Å². The maximum Gasteiger partial charge on any atom is 0.0932 e. The second-order valence-corrected chi connectivity index (χ2v) is 8.73. The number of hydrogen-bond donors (Lipinski definition) is 0. The van der Waals surface area contributed by atoms with E-state index in [2.05, 4.69) is 58.4 Å². The highest BCUT2D eigenvalue weighted by molar-refractivity contribution is 9.10. The Morgan fingerprint density at radius 1 is 0.923 bits per heavy atom. The highest BCUT2D eigenvalue weighted by Gasteiger charge is 2.46. The van der Waals surface area contributed by atoms with E-state index in [4.69, 9.17) is 4.74 Å². The standard InChI is InChI=1S/C23H24BrNO/c24-21-10-8-20(9-11-21)23(26-16-18-6-7-18)14-12-22(17-25,13-15-23)19-4-2-1-3-5-19/h1-5,8-11,18H,6-7,12-16H2. The third kappa shape index (κ3) is 3.46. The lowest BCUT2D eigenvalue weighted by molar-refractivity contribution is -0.0880. The molecule has 0 N–H and O–H groups in total. The molecule has 0 aromatic heterocycles. The number of ether oxygens (including phenoxy) is 1. The van der Waals surface area contributed by atoms with Gasteiger partial charge in [0.05, 0.1) is 23.7 Å². The highest BCUT2D eigenvalue weighted by Crippen LogP contribution is 2.49. The number of rotatable bonds is 5. The van der Waals surface area contributed by atoms with Crippen molar-refractivity contribution in [2.24, 2.45) is 5.92 Å². The summed E-state index contributed by atoms with van der Waals surface area (Å²) in [4.78, 5) is 0. The smallest absolute Gasteiger partial charge is 0.0932 e. The van der Waals surface area contributed by atoms with Crippen molar-refractivity contribution < 1.29 is 4.74 Å². The Hall–Kier alpha value is -1.63. The molecule has 0 atom stereocenters. The largest absolute Gasteiger partial charge is 0.370 e. The van der Waals surface area contributed by atoms with E-state index in [9.17, 15) is 5.26 Å². The molecule has 2 saturated carbocycles. The van der Waals surface area contributed by atoms with Crippen LogP contribution in [-0.4, -0.2) is 6.61 Å². The summed E-state index contributed by atoms with van der Waals surface area (Å²) < 4.78 is 7.66. The zero-order chi connectivity index (χ0) is 18.0. The van der Waals surface area contributed by atoms with Crippen molar-refractivity contribution >= 4 is 15.9 Å². The lowest BCUT2D eigenvalue weighted by atomic mass is 9.64. The molecule has 0 spiro atoms. The van der Waals surface area contributed by atoms with E-state index in [1.54, 1.807) is 0 Å². The summed E-state index contributed by atoms with van der Waals surface area (Å²) in [6.07, 6.45) is 6.06. The van der Waals surface area contributed by atoms with Crippen LogP contribution in [-0.2, 0) is 15.8 Å². The minimum absolute atomic E-state index is 0.252. The average Bonchev–Trinajstić information content (AvgIpc) is 3.53. The molecule has 0 bridgehead atoms. The molecule has 3 heteroatoms. The van der Waals surface area contributed by atoms with Gasteiger partial charge in [0.25, 0.3) is 0 Å². The number of hydrogen-bond acceptors (Lipinski definition) is 2. The van der Waals surface area contributed by atoms with E-state index in [0.29, 0.717) is 0 Å². The summed E-state index contributed by atoms with van der Waals surface area (Å²) in [7, 11) is 0. The van der Waals surface area contributed by atoms with Crippen LogP contribution in [0.5, 0.6) is 0 Å². The van der Waals surface area contributed by atoms with Crippen LogP contribution in [0.1, 0.15) is 49.7 Å². The quantitative estimate of drug-likeness (QED) is 0.596. The molecule has 0 aliphatic heterocycles. The molecule has 0 amide bonds. The molecular formula is C23H24BrNO. The fourth-order valence-corrected chi connectivity index (χ4v) is 4.40. The Balaban J connectivity index is 1.60. The first-order valence-electron chi connectivity index (χ1n) is 9.53. The summed E-state index contributed by atoms with van der Waals surface area (Å²) in [5.74, 6) is 0.735. The van der Waals surface area contributed by atoms with E-state index in [1.165, 1.54) is 18.4 Å². The van der Waals surface area contributed by atoms with Crippen LogP contribution in [0.2, 0.25) is 0 Å². The molecule has 2 aliphatic carbocycles. The van der Waals surface area contributed by atoms with Gasteiger partial charge in [0, 0.05) is 4.47 Å². The predicted octanol–water partition coefficient (Wildman–Crippen LogP) is 6.11. The van der Waals surface area contributed by atoms with Gasteiger partial charge in [0.2, 0.25) is 0 Å². The van der Waals surface area contributed by atoms with Gasteiger partial charge in [0.15, 0.2) is 0 Å². The van der Waals surface area contributed by atoms with Crippen molar-refractivity contribution in [1.82, 2.24) is 0 Å². The maximum atomic E-state index is 10.0. The van der Waals surface area contributed by atoms with Gasteiger partial charge in [-0.2, -0.15) is 5.26 Å². The molecule has 134 valence electrons. The summed E-state index contributed by atoms with van der Waals surface area (Å²) in [6, 6.07) is 21.5.